The Morgan fingerprint density at radius 3 is 2.29 bits per heavy atom. The lowest BCUT2D eigenvalue weighted by Crippen LogP contribution is -2.20. The smallest absolute Gasteiger partial charge is 0.385 e. The number of carbonyl (C=O) groups is 1. The van der Waals surface area contributed by atoms with E-state index < -0.39 is 11.7 Å². The summed E-state index contributed by atoms with van der Waals surface area (Å²) in [5.41, 5.74) is -0.128. The van der Waals surface area contributed by atoms with Crippen molar-refractivity contribution in [3.8, 4) is 0 Å². The van der Waals surface area contributed by atoms with E-state index in [-0.39, 0.29) is 12.3 Å². The van der Waals surface area contributed by atoms with Crippen LogP contribution in [0.1, 0.15) is 12.0 Å². The third-order valence-electron chi connectivity index (χ3n) is 2.17. The van der Waals surface area contributed by atoms with Gasteiger partial charge in [0.05, 0.1) is 5.56 Å². The number of hydrogen-bond donors (Lipinski definition) is 2. The average Bonchev–Trinajstić information content (AvgIpc) is 2.28. The summed E-state index contributed by atoms with van der Waals surface area (Å²) in [6.07, 6.45) is -4.04. The van der Waals surface area contributed by atoms with Crippen LogP contribution in [0.15, 0.2) is 24.3 Å². The molecule has 6 heteroatoms. The minimum absolute atomic E-state index is 0.121. The second-order valence-corrected chi connectivity index (χ2v) is 3.43. The van der Waals surface area contributed by atoms with Crippen molar-refractivity contribution >= 4 is 11.6 Å². The highest BCUT2D eigenvalue weighted by Crippen LogP contribution is 2.29. The van der Waals surface area contributed by atoms with Gasteiger partial charge >= 0.3 is 6.18 Å². The van der Waals surface area contributed by atoms with Gasteiger partial charge in [-0.3, -0.25) is 4.79 Å². The maximum atomic E-state index is 12.2. The molecule has 94 valence electrons. The summed E-state index contributed by atoms with van der Waals surface area (Å²) < 4.78 is 36.7. The molecule has 0 unspecified atom stereocenters. The van der Waals surface area contributed by atoms with Crippen molar-refractivity contribution in [2.24, 2.45) is 0 Å². The quantitative estimate of drug-likeness (QED) is 0.855. The maximum Gasteiger partial charge on any atom is 0.416 e. The van der Waals surface area contributed by atoms with E-state index in [0.717, 1.165) is 12.1 Å². The van der Waals surface area contributed by atoms with Gasteiger partial charge in [0, 0.05) is 25.7 Å². The van der Waals surface area contributed by atoms with Crippen LogP contribution in [-0.4, -0.2) is 19.5 Å². The van der Waals surface area contributed by atoms with Crippen LogP contribution >= 0.6 is 0 Å². The molecular weight excluding hydrogens is 233 g/mol. The molecule has 0 spiro atoms. The number of rotatable bonds is 4. The van der Waals surface area contributed by atoms with E-state index in [4.69, 9.17) is 0 Å². The highest BCUT2D eigenvalue weighted by Gasteiger charge is 2.29. The summed E-state index contributed by atoms with van der Waals surface area (Å²) in [5.74, 6) is -0.121. The van der Waals surface area contributed by atoms with Crippen LogP contribution in [0, 0.1) is 0 Å². The van der Waals surface area contributed by atoms with Gasteiger partial charge in [0.1, 0.15) is 0 Å². The van der Waals surface area contributed by atoms with Crippen molar-refractivity contribution in [2.45, 2.75) is 12.6 Å². The molecule has 0 fully saturated rings. The van der Waals surface area contributed by atoms with Gasteiger partial charge in [-0.05, 0) is 24.3 Å². The van der Waals surface area contributed by atoms with E-state index in [0.29, 0.717) is 12.2 Å². The Morgan fingerprint density at radius 2 is 1.82 bits per heavy atom. The lowest BCUT2D eigenvalue weighted by molar-refractivity contribution is -0.137. The molecule has 3 nitrogen and oxygen atoms in total. The third-order valence-corrected chi connectivity index (χ3v) is 2.17. The lowest BCUT2D eigenvalue weighted by atomic mass is 10.2. The van der Waals surface area contributed by atoms with E-state index in [9.17, 15) is 18.0 Å². The van der Waals surface area contributed by atoms with Crippen LogP contribution in [0.4, 0.5) is 18.9 Å². The number of amides is 1. The molecule has 1 aromatic carbocycles. The second kappa shape index (κ2) is 5.56. The molecule has 1 aromatic rings. The molecule has 17 heavy (non-hydrogen) atoms. The number of carbonyl (C=O) groups excluding carboxylic acids is 1. The van der Waals surface area contributed by atoms with E-state index in [1.165, 1.54) is 19.2 Å². The molecule has 0 bridgehead atoms. The van der Waals surface area contributed by atoms with E-state index in [1.54, 1.807) is 0 Å². The van der Waals surface area contributed by atoms with Crippen molar-refractivity contribution in [1.29, 1.82) is 0 Å². The molecular formula is C11H13F3N2O. The molecule has 0 aromatic heterocycles. The van der Waals surface area contributed by atoms with Crippen LogP contribution in [0.3, 0.4) is 0 Å². The average molecular weight is 246 g/mol. The first-order valence-corrected chi connectivity index (χ1v) is 5.05. The van der Waals surface area contributed by atoms with Gasteiger partial charge < -0.3 is 10.6 Å². The SMILES string of the molecule is CNC(=O)CCNc1ccc(C(F)(F)F)cc1. The third kappa shape index (κ3) is 4.34. The Bertz CT molecular complexity index is 373. The summed E-state index contributed by atoms with van der Waals surface area (Å²) >= 11 is 0. The van der Waals surface area contributed by atoms with Crippen molar-refractivity contribution in [2.75, 3.05) is 18.9 Å². The van der Waals surface area contributed by atoms with Gasteiger partial charge in [0.15, 0.2) is 0 Å². The van der Waals surface area contributed by atoms with Gasteiger partial charge in [-0.25, -0.2) is 0 Å². The van der Waals surface area contributed by atoms with Crippen LogP contribution in [-0.2, 0) is 11.0 Å². The van der Waals surface area contributed by atoms with Crippen molar-refractivity contribution in [3.05, 3.63) is 29.8 Å². The molecule has 0 saturated heterocycles. The summed E-state index contributed by atoms with van der Waals surface area (Å²) in [7, 11) is 1.53. The molecule has 0 aliphatic carbocycles. The van der Waals surface area contributed by atoms with Gasteiger partial charge in [0.25, 0.3) is 0 Å². The monoisotopic (exact) mass is 246 g/mol. The lowest BCUT2D eigenvalue weighted by Gasteiger charge is -2.09. The number of halogens is 3. The summed E-state index contributed by atoms with van der Waals surface area (Å²) in [6.45, 7) is 0.380. The molecule has 0 aliphatic heterocycles. The number of alkyl halides is 3. The van der Waals surface area contributed by atoms with Crippen molar-refractivity contribution in [3.63, 3.8) is 0 Å². The molecule has 0 atom stereocenters. The first-order valence-electron chi connectivity index (χ1n) is 5.05. The Kier molecular flexibility index (Phi) is 4.37. The predicted molar refractivity (Wildman–Crippen MR) is 58.6 cm³/mol. The van der Waals surface area contributed by atoms with Crippen LogP contribution < -0.4 is 10.6 Å². The summed E-state index contributed by atoms with van der Waals surface area (Å²) in [6, 6.07) is 4.68. The van der Waals surface area contributed by atoms with Crippen LogP contribution in [0.5, 0.6) is 0 Å². The van der Waals surface area contributed by atoms with E-state index in [2.05, 4.69) is 10.6 Å². The number of benzene rings is 1. The minimum atomic E-state index is -4.32. The standard InChI is InChI=1S/C11H13F3N2O/c1-15-10(17)6-7-16-9-4-2-8(3-5-9)11(12,13)14/h2-5,16H,6-7H2,1H3,(H,15,17). The molecule has 0 saturated carbocycles. The zero-order chi connectivity index (χ0) is 12.9. The number of anilines is 1. The predicted octanol–water partition coefficient (Wildman–Crippen LogP) is 2.25. The van der Waals surface area contributed by atoms with E-state index >= 15 is 0 Å². The van der Waals surface area contributed by atoms with Crippen LogP contribution in [0.25, 0.3) is 0 Å². The second-order valence-electron chi connectivity index (χ2n) is 3.43. The van der Waals surface area contributed by atoms with Crippen molar-refractivity contribution < 1.29 is 18.0 Å². The number of hydrogen-bond acceptors (Lipinski definition) is 2. The molecule has 1 rings (SSSR count). The first kappa shape index (κ1) is 13.3. The largest absolute Gasteiger partial charge is 0.416 e. The van der Waals surface area contributed by atoms with Gasteiger partial charge in [0.2, 0.25) is 5.91 Å². The maximum absolute atomic E-state index is 12.2. The van der Waals surface area contributed by atoms with Gasteiger partial charge in [-0.15, -0.1) is 0 Å². The molecule has 2 N–H and O–H groups in total. The topological polar surface area (TPSA) is 41.1 Å². The number of nitrogens with one attached hydrogen (secondary N) is 2. The molecule has 0 radical (unpaired) electrons. The Morgan fingerprint density at radius 1 is 1.24 bits per heavy atom. The van der Waals surface area contributed by atoms with E-state index in [1.807, 2.05) is 0 Å². The summed E-state index contributed by atoms with van der Waals surface area (Å²) in [4.78, 5) is 10.9. The fraction of sp³-hybridized carbons (Fsp3) is 0.364. The highest BCUT2D eigenvalue weighted by molar-refractivity contribution is 5.76. The Labute approximate surface area is 97.0 Å². The fourth-order valence-electron chi connectivity index (χ4n) is 1.22. The minimum Gasteiger partial charge on any atom is -0.385 e. The molecule has 0 heterocycles. The normalized spacial score (nSPS) is 11.1. The highest BCUT2D eigenvalue weighted by atomic mass is 19.4. The Balaban J connectivity index is 2.49. The molecule has 1 amide bonds. The fourth-order valence-corrected chi connectivity index (χ4v) is 1.22. The summed E-state index contributed by atoms with van der Waals surface area (Å²) in [5, 5.41) is 5.31. The van der Waals surface area contributed by atoms with Gasteiger partial charge in [-0.2, -0.15) is 13.2 Å². The zero-order valence-corrected chi connectivity index (χ0v) is 9.27. The van der Waals surface area contributed by atoms with Gasteiger partial charge in [-0.1, -0.05) is 0 Å². The zero-order valence-electron chi connectivity index (χ0n) is 9.27. The first-order chi connectivity index (χ1) is 7.93. The van der Waals surface area contributed by atoms with Crippen LogP contribution in [0.2, 0.25) is 0 Å². The van der Waals surface area contributed by atoms with Crippen molar-refractivity contribution in [1.82, 2.24) is 5.32 Å². The Hall–Kier alpha value is -1.72. The molecule has 0 aliphatic rings.